The molecule has 0 aromatic carbocycles. The number of amides is 1. The monoisotopic (exact) mass is 341 g/mol. The molecule has 5 nitrogen and oxygen atoms in total. The Morgan fingerprint density at radius 2 is 1.54 bits per heavy atom. The smallest absolute Gasteiger partial charge is 0.410 e. The lowest BCUT2D eigenvalue weighted by molar-refractivity contribution is -0.140. The summed E-state index contributed by atoms with van der Waals surface area (Å²) in [4.78, 5) is 25.2. The average molecular weight is 341 g/mol. The maximum absolute atomic E-state index is 12.3. The Balaban J connectivity index is 5.20. The van der Waals surface area contributed by atoms with Crippen molar-refractivity contribution in [1.29, 1.82) is 0 Å². The molecule has 0 heterocycles. The van der Waals surface area contributed by atoms with Gasteiger partial charge in [0.25, 0.3) is 0 Å². The molecule has 0 aromatic rings. The molecule has 0 aliphatic rings. The molecule has 0 aliphatic heterocycles. The number of likely N-dealkylation sites (N-methyl/N-ethyl adjacent to an activating group) is 1. The third kappa shape index (κ3) is 9.58. The highest BCUT2D eigenvalue weighted by atomic mass is 16.6. The largest absolute Gasteiger partial charge is 0.481 e. The van der Waals surface area contributed by atoms with Gasteiger partial charge in [-0.25, -0.2) is 4.79 Å². The second kappa shape index (κ2) is 9.70. The zero-order valence-corrected chi connectivity index (χ0v) is 16.5. The van der Waals surface area contributed by atoms with Crippen molar-refractivity contribution in [2.75, 3.05) is 7.05 Å². The maximum atomic E-state index is 12.3. The predicted molar refractivity (Wildman–Crippen MR) is 97.0 cm³/mol. The topological polar surface area (TPSA) is 66.8 Å². The van der Waals surface area contributed by atoms with Gasteiger partial charge < -0.3 is 14.7 Å². The molecule has 1 amide bonds. The molecule has 0 saturated heterocycles. The SMILES string of the molecule is CC(C)C[C@@H](/C=C/[C@@H](CC(C)C)C(=O)O)N(C)C(=O)OC(C)(C)C. The van der Waals surface area contributed by atoms with E-state index in [0.717, 1.165) is 6.42 Å². The number of hydrogen-bond donors (Lipinski definition) is 1. The van der Waals surface area contributed by atoms with Crippen molar-refractivity contribution < 1.29 is 19.4 Å². The van der Waals surface area contributed by atoms with Crippen LogP contribution >= 0.6 is 0 Å². The normalized spacial score (nSPS) is 14.9. The van der Waals surface area contributed by atoms with E-state index >= 15 is 0 Å². The van der Waals surface area contributed by atoms with Crippen molar-refractivity contribution in [2.45, 2.75) is 73.0 Å². The van der Waals surface area contributed by atoms with E-state index in [9.17, 15) is 14.7 Å². The number of nitrogens with zero attached hydrogens (tertiary/aromatic N) is 1. The van der Waals surface area contributed by atoms with Crippen LogP contribution in [0.15, 0.2) is 12.2 Å². The van der Waals surface area contributed by atoms with E-state index < -0.39 is 23.6 Å². The first-order valence-corrected chi connectivity index (χ1v) is 8.70. The highest BCUT2D eigenvalue weighted by Gasteiger charge is 2.25. The number of rotatable bonds is 8. The van der Waals surface area contributed by atoms with Crippen molar-refractivity contribution >= 4 is 12.1 Å². The van der Waals surface area contributed by atoms with Crippen LogP contribution in [-0.2, 0) is 9.53 Å². The molecule has 0 fully saturated rings. The Hall–Kier alpha value is -1.52. The first-order chi connectivity index (χ1) is 10.8. The van der Waals surface area contributed by atoms with Gasteiger partial charge in [0.15, 0.2) is 0 Å². The summed E-state index contributed by atoms with van der Waals surface area (Å²) in [5.74, 6) is -0.698. The highest BCUT2D eigenvalue weighted by molar-refractivity contribution is 5.72. The zero-order chi connectivity index (χ0) is 19.1. The molecule has 24 heavy (non-hydrogen) atoms. The van der Waals surface area contributed by atoms with Gasteiger partial charge >= 0.3 is 12.1 Å². The molecule has 5 heteroatoms. The molecule has 0 saturated carbocycles. The third-order valence-electron chi connectivity index (χ3n) is 3.50. The van der Waals surface area contributed by atoms with Crippen LogP contribution in [0.1, 0.15) is 61.3 Å². The summed E-state index contributed by atoms with van der Waals surface area (Å²) in [7, 11) is 1.70. The Morgan fingerprint density at radius 3 is 1.92 bits per heavy atom. The first kappa shape index (κ1) is 22.5. The lowest BCUT2D eigenvalue weighted by Crippen LogP contribution is -2.40. The van der Waals surface area contributed by atoms with Crippen molar-refractivity contribution in [3.63, 3.8) is 0 Å². The fourth-order valence-corrected chi connectivity index (χ4v) is 2.35. The van der Waals surface area contributed by atoms with Crippen molar-refractivity contribution in [1.82, 2.24) is 4.90 Å². The Bertz CT molecular complexity index is 435. The Morgan fingerprint density at radius 1 is 1.04 bits per heavy atom. The van der Waals surface area contributed by atoms with E-state index in [2.05, 4.69) is 13.8 Å². The molecule has 0 aromatic heterocycles. The van der Waals surface area contributed by atoms with Crippen molar-refractivity contribution in [2.24, 2.45) is 17.8 Å². The maximum Gasteiger partial charge on any atom is 0.410 e. The first-order valence-electron chi connectivity index (χ1n) is 8.70. The summed E-state index contributed by atoms with van der Waals surface area (Å²) in [6, 6.07) is -0.186. The predicted octanol–water partition coefficient (Wildman–Crippen LogP) is 4.57. The summed E-state index contributed by atoms with van der Waals surface area (Å²) >= 11 is 0. The summed E-state index contributed by atoms with van der Waals surface area (Å²) < 4.78 is 5.42. The summed E-state index contributed by atoms with van der Waals surface area (Å²) in [6.07, 6.45) is 4.49. The molecule has 2 atom stereocenters. The van der Waals surface area contributed by atoms with Gasteiger partial charge in [0.05, 0.1) is 12.0 Å². The van der Waals surface area contributed by atoms with Crippen molar-refractivity contribution in [3.05, 3.63) is 12.2 Å². The highest BCUT2D eigenvalue weighted by Crippen LogP contribution is 2.19. The molecule has 0 unspecified atom stereocenters. The molecule has 0 spiro atoms. The van der Waals surface area contributed by atoms with Crippen LogP contribution < -0.4 is 0 Å². The van der Waals surface area contributed by atoms with Crippen LogP contribution in [0.5, 0.6) is 0 Å². The van der Waals surface area contributed by atoms with Gasteiger partial charge in [0, 0.05) is 7.05 Å². The van der Waals surface area contributed by atoms with E-state index in [0.29, 0.717) is 18.3 Å². The minimum Gasteiger partial charge on any atom is -0.481 e. The van der Waals surface area contributed by atoms with Crippen LogP contribution in [0.2, 0.25) is 0 Å². The van der Waals surface area contributed by atoms with E-state index in [4.69, 9.17) is 4.74 Å². The Kier molecular flexibility index (Phi) is 9.08. The number of ether oxygens (including phenoxy) is 1. The third-order valence-corrected chi connectivity index (χ3v) is 3.50. The Labute approximate surface area is 147 Å². The van der Waals surface area contributed by atoms with Gasteiger partial charge in [0.1, 0.15) is 5.60 Å². The fraction of sp³-hybridized carbons (Fsp3) is 0.789. The van der Waals surface area contributed by atoms with E-state index in [1.807, 2.05) is 40.7 Å². The molecule has 0 radical (unpaired) electrons. The van der Waals surface area contributed by atoms with Crippen LogP contribution in [0.3, 0.4) is 0 Å². The average Bonchev–Trinajstić information content (AvgIpc) is 2.37. The summed E-state index contributed by atoms with van der Waals surface area (Å²) in [6.45, 7) is 13.6. The van der Waals surface area contributed by atoms with Gasteiger partial charge in [-0.2, -0.15) is 0 Å². The molecule has 0 bridgehead atoms. The van der Waals surface area contributed by atoms with Gasteiger partial charge in [-0.3, -0.25) is 4.79 Å². The minimum atomic E-state index is -0.830. The second-order valence-corrected chi connectivity index (χ2v) is 8.25. The lowest BCUT2D eigenvalue weighted by atomic mass is 9.94. The zero-order valence-electron chi connectivity index (χ0n) is 16.5. The van der Waals surface area contributed by atoms with Crippen LogP contribution in [0, 0.1) is 17.8 Å². The number of carboxylic acid groups (broad SMARTS) is 1. The fourth-order valence-electron chi connectivity index (χ4n) is 2.35. The van der Waals surface area contributed by atoms with E-state index in [-0.39, 0.29) is 6.04 Å². The standard InChI is InChI=1S/C19H35NO4/c1-13(2)11-15(17(21)22)9-10-16(12-14(3)4)20(8)18(23)24-19(5,6)7/h9-10,13-16H,11-12H2,1-8H3,(H,21,22)/b10-9+/t15-,16+/m0/s1. The van der Waals surface area contributed by atoms with Crippen LogP contribution in [0.25, 0.3) is 0 Å². The van der Waals surface area contributed by atoms with Crippen molar-refractivity contribution in [3.8, 4) is 0 Å². The number of carbonyl (C=O) groups excluding carboxylic acids is 1. The summed E-state index contributed by atoms with van der Waals surface area (Å²) in [5.41, 5.74) is -0.557. The molecule has 0 aliphatic carbocycles. The van der Waals surface area contributed by atoms with E-state index in [1.54, 1.807) is 18.0 Å². The minimum absolute atomic E-state index is 0.186. The lowest BCUT2D eigenvalue weighted by Gasteiger charge is -2.30. The van der Waals surface area contributed by atoms with Gasteiger partial charge in [-0.15, -0.1) is 0 Å². The van der Waals surface area contributed by atoms with Gasteiger partial charge in [0.2, 0.25) is 0 Å². The second-order valence-electron chi connectivity index (χ2n) is 8.25. The molecule has 140 valence electrons. The molecule has 0 rings (SSSR count). The quantitative estimate of drug-likeness (QED) is 0.657. The number of aliphatic carboxylic acids is 1. The molecular formula is C19H35NO4. The number of carbonyl (C=O) groups is 2. The van der Waals surface area contributed by atoms with Crippen LogP contribution in [-0.4, -0.2) is 40.8 Å². The van der Waals surface area contributed by atoms with E-state index in [1.165, 1.54) is 0 Å². The van der Waals surface area contributed by atoms with Crippen LogP contribution in [0.4, 0.5) is 4.79 Å². The number of carboxylic acids is 1. The number of hydrogen-bond acceptors (Lipinski definition) is 3. The molecule has 1 N–H and O–H groups in total. The molecular weight excluding hydrogens is 306 g/mol. The summed E-state index contributed by atoms with van der Waals surface area (Å²) in [5, 5.41) is 9.36. The van der Waals surface area contributed by atoms with Gasteiger partial charge in [-0.1, -0.05) is 39.8 Å². The van der Waals surface area contributed by atoms with Gasteiger partial charge in [-0.05, 0) is 45.4 Å².